The number of alkyl halides is 3. The van der Waals surface area contributed by atoms with Crippen molar-refractivity contribution >= 4 is 11.6 Å². The maximum Gasteiger partial charge on any atom is 0.407 e. The van der Waals surface area contributed by atoms with Gasteiger partial charge >= 0.3 is 6.18 Å². The van der Waals surface area contributed by atoms with E-state index in [1.54, 1.807) is 7.05 Å². The van der Waals surface area contributed by atoms with Gasteiger partial charge in [0.25, 0.3) is 0 Å². The number of rotatable bonds is 1. The van der Waals surface area contributed by atoms with Gasteiger partial charge in [-0.25, -0.2) is 0 Å². The maximum absolute atomic E-state index is 12.5. The highest BCUT2D eigenvalue weighted by molar-refractivity contribution is 5.95. The molecule has 0 aliphatic carbocycles. The van der Waals surface area contributed by atoms with Crippen molar-refractivity contribution in [1.82, 2.24) is 0 Å². The molecule has 1 unspecified atom stereocenters. The van der Waals surface area contributed by atoms with Gasteiger partial charge in [-0.15, -0.1) is 0 Å². The molecule has 2 N–H and O–H groups in total. The summed E-state index contributed by atoms with van der Waals surface area (Å²) in [6, 6.07) is 2.31. The largest absolute Gasteiger partial charge is 0.407 e. The molecule has 3 nitrogen and oxygen atoms in total. The number of benzene rings is 1. The lowest BCUT2D eigenvalue weighted by atomic mass is 9.96. The fourth-order valence-corrected chi connectivity index (χ4v) is 2.06. The van der Waals surface area contributed by atoms with E-state index in [2.05, 4.69) is 0 Å². The summed E-state index contributed by atoms with van der Waals surface area (Å²) in [5.41, 5.74) is 6.58. The third-order valence-corrected chi connectivity index (χ3v) is 3.16. The number of fused-ring (bicyclic) bond motifs is 1. The van der Waals surface area contributed by atoms with Crippen LogP contribution in [0.3, 0.4) is 0 Å². The monoisotopic (exact) mass is 258 g/mol. The van der Waals surface area contributed by atoms with E-state index in [0.717, 1.165) is 5.56 Å². The van der Waals surface area contributed by atoms with Crippen LogP contribution in [0.5, 0.6) is 0 Å². The van der Waals surface area contributed by atoms with E-state index in [-0.39, 0.29) is 11.5 Å². The van der Waals surface area contributed by atoms with Crippen molar-refractivity contribution in [3.8, 4) is 0 Å². The molecule has 1 aromatic rings. The molecule has 1 atom stereocenters. The molecule has 0 aromatic heterocycles. The first-order chi connectivity index (χ1) is 8.30. The second-order valence-electron chi connectivity index (χ2n) is 4.36. The average Bonchev–Trinajstić information content (AvgIpc) is 2.31. The topological polar surface area (TPSA) is 46.3 Å². The predicted molar refractivity (Wildman–Crippen MR) is 61.2 cm³/mol. The second kappa shape index (κ2) is 4.28. The predicted octanol–water partition coefficient (Wildman–Crippen LogP) is 2.16. The Morgan fingerprint density at radius 1 is 1.33 bits per heavy atom. The number of hydrogen-bond acceptors (Lipinski definition) is 2. The lowest BCUT2D eigenvalue weighted by Crippen LogP contribution is -2.32. The number of carbonyl (C=O) groups is 1. The first-order valence-corrected chi connectivity index (χ1v) is 5.52. The molecule has 0 spiro atoms. The van der Waals surface area contributed by atoms with Crippen LogP contribution in [0.15, 0.2) is 18.2 Å². The van der Waals surface area contributed by atoms with E-state index in [0.29, 0.717) is 18.5 Å². The Bertz CT molecular complexity index is 485. The number of carbonyl (C=O) groups excluding carboxylic acids is 1. The lowest BCUT2D eigenvalue weighted by molar-refractivity contribution is -0.149. The van der Waals surface area contributed by atoms with Gasteiger partial charge in [0.2, 0.25) is 5.91 Å². The molecular weight excluding hydrogens is 245 g/mol. The summed E-state index contributed by atoms with van der Waals surface area (Å²) in [7, 11) is 1.61. The van der Waals surface area contributed by atoms with Crippen LogP contribution in [0.4, 0.5) is 18.9 Å². The summed E-state index contributed by atoms with van der Waals surface area (Å²) >= 11 is 0. The third-order valence-electron chi connectivity index (χ3n) is 3.16. The van der Waals surface area contributed by atoms with Crippen LogP contribution in [-0.2, 0) is 11.2 Å². The van der Waals surface area contributed by atoms with Crippen LogP contribution in [0.1, 0.15) is 23.6 Å². The molecule has 1 heterocycles. The minimum atomic E-state index is -4.45. The van der Waals surface area contributed by atoms with E-state index < -0.39 is 12.2 Å². The van der Waals surface area contributed by atoms with Crippen LogP contribution in [0.25, 0.3) is 0 Å². The smallest absolute Gasteiger partial charge is 0.316 e. The van der Waals surface area contributed by atoms with E-state index in [9.17, 15) is 18.0 Å². The number of aryl methyl sites for hydroxylation is 1. The third kappa shape index (κ3) is 2.20. The molecule has 0 saturated heterocycles. The van der Waals surface area contributed by atoms with E-state index >= 15 is 0 Å². The van der Waals surface area contributed by atoms with E-state index in [1.807, 2.05) is 0 Å². The molecule has 1 aromatic carbocycles. The van der Waals surface area contributed by atoms with Crippen LogP contribution in [0.2, 0.25) is 0 Å². The Labute approximate surface area is 102 Å². The normalized spacial score (nSPS) is 17.6. The zero-order chi connectivity index (χ0) is 13.5. The van der Waals surface area contributed by atoms with Crippen molar-refractivity contribution in [2.75, 3.05) is 11.9 Å². The highest BCUT2D eigenvalue weighted by Crippen LogP contribution is 2.34. The van der Waals surface area contributed by atoms with Gasteiger partial charge < -0.3 is 10.6 Å². The van der Waals surface area contributed by atoms with Gasteiger partial charge in [-0.1, -0.05) is 12.1 Å². The molecule has 1 amide bonds. The first kappa shape index (κ1) is 12.9. The van der Waals surface area contributed by atoms with Crippen molar-refractivity contribution in [3.63, 3.8) is 0 Å². The van der Waals surface area contributed by atoms with Gasteiger partial charge in [-0.3, -0.25) is 4.79 Å². The number of nitrogens with zero attached hydrogens (tertiary/aromatic N) is 1. The Morgan fingerprint density at radius 2 is 2.00 bits per heavy atom. The van der Waals surface area contributed by atoms with Crippen molar-refractivity contribution in [2.24, 2.45) is 5.73 Å². The molecular formula is C12H13F3N2O. The SMILES string of the molecule is CN1C(=O)CCc2cc(C(N)C(F)(F)F)ccc21. The van der Waals surface area contributed by atoms with Crippen LogP contribution in [-0.4, -0.2) is 19.1 Å². The standard InChI is InChI=1S/C12H13F3N2O/c1-17-9-4-2-8(11(16)12(13,14)15)6-7(9)3-5-10(17)18/h2,4,6,11H,3,5,16H2,1H3. The van der Waals surface area contributed by atoms with Gasteiger partial charge in [-0.05, 0) is 23.6 Å². The van der Waals surface area contributed by atoms with Gasteiger partial charge in [-0.2, -0.15) is 13.2 Å². The number of nitrogens with two attached hydrogens (primary N) is 1. The fraction of sp³-hybridized carbons (Fsp3) is 0.417. The zero-order valence-corrected chi connectivity index (χ0v) is 9.79. The van der Waals surface area contributed by atoms with Crippen LogP contribution < -0.4 is 10.6 Å². The number of halogens is 3. The van der Waals surface area contributed by atoms with E-state index in [4.69, 9.17) is 5.73 Å². The van der Waals surface area contributed by atoms with Gasteiger partial charge in [0.05, 0.1) is 0 Å². The van der Waals surface area contributed by atoms with Crippen LogP contribution >= 0.6 is 0 Å². The fourth-order valence-electron chi connectivity index (χ4n) is 2.06. The van der Waals surface area contributed by atoms with Gasteiger partial charge in [0, 0.05) is 19.2 Å². The quantitative estimate of drug-likeness (QED) is 0.839. The molecule has 98 valence electrons. The van der Waals surface area contributed by atoms with Crippen molar-refractivity contribution in [1.29, 1.82) is 0 Å². The molecule has 1 aliphatic rings. The molecule has 6 heteroatoms. The molecule has 0 saturated carbocycles. The Kier molecular flexibility index (Phi) is 3.06. The number of anilines is 1. The highest BCUT2D eigenvalue weighted by Gasteiger charge is 2.38. The van der Waals surface area contributed by atoms with Gasteiger partial charge in [0.15, 0.2) is 0 Å². The minimum absolute atomic E-state index is 0.0315. The highest BCUT2D eigenvalue weighted by atomic mass is 19.4. The summed E-state index contributed by atoms with van der Waals surface area (Å²) in [6.45, 7) is 0. The minimum Gasteiger partial charge on any atom is -0.316 e. The Morgan fingerprint density at radius 3 is 2.61 bits per heavy atom. The molecule has 0 fully saturated rings. The Balaban J connectivity index is 2.37. The molecule has 0 radical (unpaired) electrons. The maximum atomic E-state index is 12.5. The van der Waals surface area contributed by atoms with Crippen molar-refractivity contribution in [3.05, 3.63) is 29.3 Å². The molecule has 0 bridgehead atoms. The van der Waals surface area contributed by atoms with Crippen molar-refractivity contribution in [2.45, 2.75) is 25.1 Å². The van der Waals surface area contributed by atoms with E-state index in [1.165, 1.54) is 23.1 Å². The number of amides is 1. The summed E-state index contributed by atoms with van der Waals surface area (Å²) in [5.74, 6) is -0.0321. The average molecular weight is 258 g/mol. The molecule has 18 heavy (non-hydrogen) atoms. The summed E-state index contributed by atoms with van der Waals surface area (Å²) in [4.78, 5) is 12.9. The summed E-state index contributed by atoms with van der Waals surface area (Å²) in [6.07, 6.45) is -3.68. The summed E-state index contributed by atoms with van der Waals surface area (Å²) < 4.78 is 37.5. The molecule has 1 aliphatic heterocycles. The summed E-state index contributed by atoms with van der Waals surface area (Å²) in [5, 5.41) is 0. The van der Waals surface area contributed by atoms with Crippen molar-refractivity contribution < 1.29 is 18.0 Å². The van der Waals surface area contributed by atoms with Gasteiger partial charge in [0.1, 0.15) is 6.04 Å². The number of hydrogen-bond donors (Lipinski definition) is 1. The lowest BCUT2D eigenvalue weighted by Gasteiger charge is -2.27. The Hall–Kier alpha value is -1.56. The molecule has 2 rings (SSSR count). The zero-order valence-electron chi connectivity index (χ0n) is 9.79. The van der Waals surface area contributed by atoms with Crippen LogP contribution in [0, 0.1) is 0 Å². The second-order valence-corrected chi connectivity index (χ2v) is 4.36. The first-order valence-electron chi connectivity index (χ1n) is 5.52.